The largest absolute Gasteiger partial charge is 0.423 e. The Bertz CT molecular complexity index is 673. The Hall–Kier alpha value is -2.06. The molecule has 1 aromatic heterocycles. The first kappa shape index (κ1) is 15.8. The van der Waals surface area contributed by atoms with Crippen LogP contribution in [0.1, 0.15) is 25.3 Å². The number of halogens is 3. The smallest absolute Gasteiger partial charge is 0.367 e. The van der Waals surface area contributed by atoms with Gasteiger partial charge in [-0.15, -0.1) is 0 Å². The van der Waals surface area contributed by atoms with Gasteiger partial charge in [-0.3, -0.25) is 9.59 Å². The lowest BCUT2D eigenvalue weighted by Gasteiger charge is -2.36. The van der Waals surface area contributed by atoms with Crippen molar-refractivity contribution in [2.24, 2.45) is 5.92 Å². The lowest BCUT2D eigenvalue weighted by Crippen LogP contribution is -2.47. The fourth-order valence-corrected chi connectivity index (χ4v) is 3.67. The van der Waals surface area contributed by atoms with Gasteiger partial charge in [-0.05, 0) is 18.8 Å². The van der Waals surface area contributed by atoms with Crippen molar-refractivity contribution in [3.8, 4) is 0 Å². The maximum Gasteiger partial charge on any atom is 0.423 e. The number of anilines is 1. The van der Waals surface area contributed by atoms with Gasteiger partial charge in [-0.1, -0.05) is 0 Å². The Labute approximate surface area is 130 Å². The number of hydrogen-bond acceptors (Lipinski definition) is 4. The Morgan fingerprint density at radius 1 is 1.39 bits per heavy atom. The van der Waals surface area contributed by atoms with E-state index in [0.717, 1.165) is 19.0 Å². The molecule has 1 amide bonds. The first-order chi connectivity index (χ1) is 10.8. The fourth-order valence-electron chi connectivity index (χ4n) is 3.67. The highest BCUT2D eigenvalue weighted by Crippen LogP contribution is 2.38. The molecular weight excluding hydrogens is 313 g/mol. The van der Waals surface area contributed by atoms with Crippen molar-refractivity contribution in [1.29, 1.82) is 0 Å². The van der Waals surface area contributed by atoms with E-state index in [4.69, 9.17) is 0 Å². The summed E-state index contributed by atoms with van der Waals surface area (Å²) in [5.41, 5.74) is -2.67. The third kappa shape index (κ3) is 2.79. The van der Waals surface area contributed by atoms with Crippen LogP contribution in [0.5, 0.6) is 0 Å². The number of nitrogens with one attached hydrogen (secondary N) is 1. The second-order valence-corrected chi connectivity index (χ2v) is 6.04. The second kappa shape index (κ2) is 5.54. The highest BCUT2D eigenvalue weighted by atomic mass is 19.4. The highest BCUT2D eigenvalue weighted by Gasteiger charge is 2.44. The van der Waals surface area contributed by atoms with Crippen LogP contribution in [-0.2, 0) is 11.0 Å². The number of aromatic amines is 1. The van der Waals surface area contributed by atoms with Crippen LogP contribution in [-0.4, -0.2) is 46.7 Å². The molecule has 2 atom stereocenters. The van der Waals surface area contributed by atoms with Gasteiger partial charge in [0.05, 0.1) is 17.9 Å². The van der Waals surface area contributed by atoms with Gasteiger partial charge in [-0.2, -0.15) is 18.3 Å². The summed E-state index contributed by atoms with van der Waals surface area (Å²) in [5, 5.41) is 5.36. The number of piperidine rings is 1. The molecule has 23 heavy (non-hydrogen) atoms. The number of carbonyl (C=O) groups excluding carboxylic acids is 1. The van der Waals surface area contributed by atoms with E-state index in [1.807, 2.05) is 5.10 Å². The Kier molecular flexibility index (Phi) is 3.81. The van der Waals surface area contributed by atoms with Crippen LogP contribution in [0.4, 0.5) is 18.9 Å². The Morgan fingerprint density at radius 3 is 2.78 bits per heavy atom. The molecule has 1 aromatic rings. The normalized spacial score (nSPS) is 24.7. The van der Waals surface area contributed by atoms with Gasteiger partial charge in [0.2, 0.25) is 5.91 Å². The van der Waals surface area contributed by atoms with E-state index in [2.05, 4.69) is 5.10 Å². The number of likely N-dealkylation sites (tertiary alicyclic amines) is 1. The summed E-state index contributed by atoms with van der Waals surface area (Å²) >= 11 is 0. The number of amides is 1. The second-order valence-electron chi connectivity index (χ2n) is 6.04. The third-order valence-electron chi connectivity index (χ3n) is 4.65. The van der Waals surface area contributed by atoms with Crippen molar-refractivity contribution in [2.45, 2.75) is 32.0 Å². The minimum absolute atomic E-state index is 0.0679. The quantitative estimate of drug-likeness (QED) is 0.841. The molecule has 2 aliphatic heterocycles. The molecule has 0 radical (unpaired) electrons. The zero-order valence-electron chi connectivity index (χ0n) is 12.6. The summed E-state index contributed by atoms with van der Waals surface area (Å²) < 4.78 is 39.6. The summed E-state index contributed by atoms with van der Waals surface area (Å²) in [5.74, 6) is 0.0506. The van der Waals surface area contributed by atoms with E-state index in [-0.39, 0.29) is 23.6 Å². The lowest BCUT2D eigenvalue weighted by atomic mass is 9.92. The molecule has 0 spiro atoms. The molecule has 3 rings (SSSR count). The number of nitrogens with zero attached hydrogens (tertiary/aromatic N) is 3. The number of carbonyl (C=O) groups is 1. The molecule has 1 N–H and O–H groups in total. The van der Waals surface area contributed by atoms with Crippen LogP contribution < -0.4 is 10.5 Å². The lowest BCUT2D eigenvalue weighted by molar-refractivity contribution is -0.138. The SMILES string of the molecule is CC(=O)N1CCC[C@@H]2CN(c3cn[nH]c(=O)c3C(F)(F)F)C[C@@H]21. The highest BCUT2D eigenvalue weighted by molar-refractivity contribution is 5.74. The number of hydrogen-bond donors (Lipinski definition) is 1. The third-order valence-corrected chi connectivity index (χ3v) is 4.65. The predicted molar refractivity (Wildman–Crippen MR) is 76.0 cm³/mol. The average molecular weight is 330 g/mol. The molecular formula is C14H17F3N4O2. The van der Waals surface area contributed by atoms with Crippen molar-refractivity contribution in [2.75, 3.05) is 24.5 Å². The summed E-state index contributed by atoms with van der Waals surface area (Å²) in [7, 11) is 0. The zero-order chi connectivity index (χ0) is 16.8. The van der Waals surface area contributed by atoms with Crippen LogP contribution in [0.25, 0.3) is 0 Å². The number of rotatable bonds is 1. The molecule has 0 aromatic carbocycles. The minimum Gasteiger partial charge on any atom is -0.367 e. The number of aromatic nitrogens is 2. The zero-order valence-corrected chi connectivity index (χ0v) is 12.6. The average Bonchev–Trinajstić information content (AvgIpc) is 2.88. The van der Waals surface area contributed by atoms with Gasteiger partial charge in [0, 0.05) is 26.6 Å². The molecule has 0 bridgehead atoms. The van der Waals surface area contributed by atoms with Gasteiger partial charge in [-0.25, -0.2) is 5.10 Å². The topological polar surface area (TPSA) is 69.3 Å². The molecule has 126 valence electrons. The molecule has 2 saturated heterocycles. The van der Waals surface area contributed by atoms with Crippen LogP contribution in [0, 0.1) is 5.92 Å². The summed E-state index contributed by atoms with van der Waals surface area (Å²) in [6.07, 6.45) is -2.00. The van der Waals surface area contributed by atoms with Gasteiger partial charge in [0.25, 0.3) is 5.56 Å². The van der Waals surface area contributed by atoms with Gasteiger partial charge < -0.3 is 9.80 Å². The summed E-state index contributed by atoms with van der Waals surface area (Å²) in [4.78, 5) is 26.6. The van der Waals surface area contributed by atoms with E-state index in [1.165, 1.54) is 11.8 Å². The first-order valence-electron chi connectivity index (χ1n) is 7.46. The minimum atomic E-state index is -4.75. The fraction of sp³-hybridized carbons (Fsp3) is 0.643. The van der Waals surface area contributed by atoms with E-state index < -0.39 is 17.3 Å². The van der Waals surface area contributed by atoms with E-state index in [9.17, 15) is 22.8 Å². The standard InChI is InChI=1S/C14H17F3N4O2/c1-8(22)21-4-2-3-9-6-20(7-11(9)21)10-5-18-19-13(23)12(10)14(15,16)17/h5,9,11H,2-4,6-7H2,1H3,(H,19,23)/t9-,11+/m1/s1. The molecule has 9 heteroatoms. The van der Waals surface area contributed by atoms with Crippen LogP contribution in [0.3, 0.4) is 0 Å². The van der Waals surface area contributed by atoms with Crippen molar-refractivity contribution in [1.82, 2.24) is 15.1 Å². The number of fused-ring (bicyclic) bond motifs is 1. The molecule has 2 aliphatic rings. The predicted octanol–water partition coefficient (Wildman–Crippen LogP) is 1.24. The number of H-pyrrole nitrogens is 1. The van der Waals surface area contributed by atoms with Crippen LogP contribution >= 0.6 is 0 Å². The van der Waals surface area contributed by atoms with Gasteiger partial charge >= 0.3 is 6.18 Å². The first-order valence-corrected chi connectivity index (χ1v) is 7.46. The van der Waals surface area contributed by atoms with E-state index in [1.54, 1.807) is 4.90 Å². The van der Waals surface area contributed by atoms with Gasteiger partial charge in [0.1, 0.15) is 5.56 Å². The van der Waals surface area contributed by atoms with Crippen molar-refractivity contribution in [3.63, 3.8) is 0 Å². The van der Waals surface area contributed by atoms with Crippen molar-refractivity contribution in [3.05, 3.63) is 22.1 Å². The van der Waals surface area contributed by atoms with Gasteiger partial charge in [0.15, 0.2) is 0 Å². The summed E-state index contributed by atoms with van der Waals surface area (Å²) in [6.45, 7) is 2.78. The van der Waals surface area contributed by atoms with Crippen LogP contribution in [0.2, 0.25) is 0 Å². The molecule has 0 aliphatic carbocycles. The Morgan fingerprint density at radius 2 is 2.13 bits per heavy atom. The van der Waals surface area contributed by atoms with E-state index in [0.29, 0.717) is 19.6 Å². The van der Waals surface area contributed by atoms with Crippen molar-refractivity contribution < 1.29 is 18.0 Å². The Balaban J connectivity index is 1.95. The molecule has 0 unspecified atom stereocenters. The van der Waals surface area contributed by atoms with E-state index >= 15 is 0 Å². The maximum atomic E-state index is 13.2. The van der Waals surface area contributed by atoms with Crippen molar-refractivity contribution >= 4 is 11.6 Å². The molecule has 6 nitrogen and oxygen atoms in total. The number of alkyl halides is 3. The molecule has 0 saturated carbocycles. The summed E-state index contributed by atoms with van der Waals surface area (Å²) in [6, 6.07) is -0.110. The molecule has 2 fully saturated rings. The monoisotopic (exact) mass is 330 g/mol. The maximum absolute atomic E-state index is 13.2. The molecule has 3 heterocycles. The van der Waals surface area contributed by atoms with Crippen LogP contribution in [0.15, 0.2) is 11.0 Å².